The van der Waals surface area contributed by atoms with E-state index < -0.39 is 0 Å². The van der Waals surface area contributed by atoms with E-state index in [1.807, 2.05) is 13.8 Å². The van der Waals surface area contributed by atoms with E-state index in [1.54, 1.807) is 17.0 Å². The lowest BCUT2D eigenvalue weighted by Crippen LogP contribution is -2.25. The lowest BCUT2D eigenvalue weighted by molar-refractivity contribution is 0.710. The fourth-order valence-electron chi connectivity index (χ4n) is 1.49. The number of nitrogens with one attached hydrogen (secondary N) is 2. The zero-order valence-corrected chi connectivity index (χ0v) is 9.71. The third-order valence-corrected chi connectivity index (χ3v) is 2.45. The summed E-state index contributed by atoms with van der Waals surface area (Å²) in [7, 11) is 0. The maximum atomic E-state index is 11.9. The summed E-state index contributed by atoms with van der Waals surface area (Å²) in [6.07, 6.45) is 4.68. The summed E-state index contributed by atoms with van der Waals surface area (Å²) in [5.41, 5.74) is -0.138. The van der Waals surface area contributed by atoms with Crippen LogP contribution in [0.5, 0.6) is 0 Å². The van der Waals surface area contributed by atoms with Gasteiger partial charge in [0.25, 0.3) is 5.56 Å². The van der Waals surface area contributed by atoms with Crippen molar-refractivity contribution in [1.29, 1.82) is 0 Å². The Morgan fingerprint density at radius 1 is 1.53 bits per heavy atom. The number of H-pyrrole nitrogens is 1. The maximum absolute atomic E-state index is 11.9. The second kappa shape index (κ2) is 4.77. The van der Waals surface area contributed by atoms with Crippen LogP contribution in [-0.2, 0) is 6.54 Å². The molecule has 0 spiro atoms. The Morgan fingerprint density at radius 3 is 3.00 bits per heavy atom. The zero-order chi connectivity index (χ0) is 12.3. The summed E-state index contributed by atoms with van der Waals surface area (Å²) in [6, 6.07) is -0.148. The molecule has 2 aromatic rings. The van der Waals surface area contributed by atoms with E-state index >= 15 is 0 Å². The first-order valence-corrected chi connectivity index (χ1v) is 5.39. The van der Waals surface area contributed by atoms with Gasteiger partial charge in [0.2, 0.25) is 0 Å². The monoisotopic (exact) mass is 234 g/mol. The van der Waals surface area contributed by atoms with Crippen molar-refractivity contribution < 1.29 is 0 Å². The smallest absolute Gasteiger partial charge is 0.293 e. The minimum atomic E-state index is -0.148. The van der Waals surface area contributed by atoms with Gasteiger partial charge in [0, 0.05) is 18.9 Å². The van der Waals surface area contributed by atoms with Gasteiger partial charge in [-0.25, -0.2) is 9.97 Å². The molecular weight excluding hydrogens is 220 g/mol. The second-order valence-electron chi connectivity index (χ2n) is 3.60. The molecule has 2 aromatic heterocycles. The van der Waals surface area contributed by atoms with E-state index in [4.69, 9.17) is 0 Å². The molecule has 0 aromatic carbocycles. The topological polar surface area (TPSA) is 88.5 Å². The molecule has 0 radical (unpaired) electrons. The number of rotatable bonds is 4. The fraction of sp³-hybridized carbons (Fsp3) is 0.400. The van der Waals surface area contributed by atoms with Crippen LogP contribution in [0, 0.1) is 0 Å². The van der Waals surface area contributed by atoms with Gasteiger partial charge in [-0.3, -0.25) is 9.89 Å². The summed E-state index contributed by atoms with van der Waals surface area (Å²) in [5.74, 6) is 0.983. The molecule has 2 heterocycles. The van der Waals surface area contributed by atoms with Gasteiger partial charge in [-0.05, 0) is 13.8 Å². The van der Waals surface area contributed by atoms with Crippen LogP contribution in [0.15, 0.2) is 23.5 Å². The number of anilines is 1. The first-order chi connectivity index (χ1) is 8.22. The Hall–Kier alpha value is -2.18. The second-order valence-corrected chi connectivity index (χ2v) is 3.60. The predicted molar refractivity (Wildman–Crippen MR) is 62.6 cm³/mol. The third-order valence-electron chi connectivity index (χ3n) is 2.45. The minimum Gasteiger partial charge on any atom is -0.356 e. The Morgan fingerprint density at radius 2 is 2.35 bits per heavy atom. The predicted octanol–water partition coefficient (Wildman–Crippen LogP) is 0.554. The molecule has 0 aliphatic rings. The molecule has 1 atom stereocenters. The van der Waals surface area contributed by atoms with Crippen LogP contribution in [0.25, 0.3) is 0 Å². The molecule has 0 saturated carbocycles. The van der Waals surface area contributed by atoms with Gasteiger partial charge in [-0.2, -0.15) is 5.10 Å². The van der Waals surface area contributed by atoms with Crippen LogP contribution < -0.4 is 10.9 Å². The normalized spacial score (nSPS) is 12.4. The molecule has 0 aliphatic carbocycles. The van der Waals surface area contributed by atoms with Crippen molar-refractivity contribution in [1.82, 2.24) is 24.7 Å². The average molecular weight is 234 g/mol. The van der Waals surface area contributed by atoms with Crippen molar-refractivity contribution in [2.75, 3.05) is 5.32 Å². The first kappa shape index (κ1) is 11.3. The molecule has 0 bridgehead atoms. The molecule has 2 N–H and O–H groups in total. The van der Waals surface area contributed by atoms with Gasteiger partial charge < -0.3 is 9.88 Å². The van der Waals surface area contributed by atoms with Crippen LogP contribution in [0.2, 0.25) is 0 Å². The molecule has 17 heavy (non-hydrogen) atoms. The van der Waals surface area contributed by atoms with Crippen molar-refractivity contribution in [3.8, 4) is 0 Å². The highest BCUT2D eigenvalue weighted by Crippen LogP contribution is 2.09. The molecule has 0 fully saturated rings. The number of aromatic amines is 1. The SMILES string of the molecule is CCn1ccnc(NC(C)c2ncn[nH]2)c1=O. The van der Waals surface area contributed by atoms with Gasteiger partial charge in [-0.1, -0.05) is 0 Å². The molecule has 7 nitrogen and oxygen atoms in total. The van der Waals surface area contributed by atoms with Crippen LogP contribution in [0.1, 0.15) is 25.7 Å². The lowest BCUT2D eigenvalue weighted by Gasteiger charge is -2.11. The molecule has 1 unspecified atom stereocenters. The molecule has 90 valence electrons. The Bertz CT molecular complexity index is 532. The number of hydrogen-bond donors (Lipinski definition) is 2. The van der Waals surface area contributed by atoms with Crippen LogP contribution >= 0.6 is 0 Å². The maximum Gasteiger partial charge on any atom is 0.293 e. The van der Waals surface area contributed by atoms with E-state index in [9.17, 15) is 4.79 Å². The highest BCUT2D eigenvalue weighted by Gasteiger charge is 2.11. The summed E-state index contributed by atoms with van der Waals surface area (Å²) in [4.78, 5) is 19.9. The highest BCUT2D eigenvalue weighted by atomic mass is 16.1. The van der Waals surface area contributed by atoms with Gasteiger partial charge in [0.05, 0.1) is 6.04 Å². The Labute approximate surface area is 97.9 Å². The Kier molecular flexibility index (Phi) is 3.17. The largest absolute Gasteiger partial charge is 0.356 e. The number of hydrogen-bond acceptors (Lipinski definition) is 5. The average Bonchev–Trinajstić information content (AvgIpc) is 2.85. The van der Waals surface area contributed by atoms with Crippen LogP contribution in [0.3, 0.4) is 0 Å². The molecule has 2 rings (SSSR count). The quantitative estimate of drug-likeness (QED) is 0.806. The van der Waals surface area contributed by atoms with Crippen LogP contribution in [0.4, 0.5) is 5.82 Å². The molecule has 0 saturated heterocycles. The van der Waals surface area contributed by atoms with Gasteiger partial charge in [0.15, 0.2) is 5.82 Å². The van der Waals surface area contributed by atoms with Crippen LogP contribution in [-0.4, -0.2) is 24.7 Å². The Balaban J connectivity index is 2.22. The summed E-state index contributed by atoms with van der Waals surface area (Å²) in [5, 5.41) is 9.52. The van der Waals surface area contributed by atoms with Crippen molar-refractivity contribution in [2.24, 2.45) is 0 Å². The van der Waals surface area contributed by atoms with Gasteiger partial charge in [0.1, 0.15) is 12.2 Å². The van der Waals surface area contributed by atoms with Gasteiger partial charge >= 0.3 is 0 Å². The standard InChI is InChI=1S/C10H14N6O/c1-3-16-5-4-11-9(10(16)17)14-7(2)8-12-6-13-15-8/h4-7H,3H2,1-2H3,(H,11,14)(H,12,13,15). The van der Waals surface area contributed by atoms with Crippen molar-refractivity contribution in [2.45, 2.75) is 26.4 Å². The van der Waals surface area contributed by atoms with E-state index in [0.29, 0.717) is 18.2 Å². The first-order valence-electron chi connectivity index (χ1n) is 5.39. The summed E-state index contributed by atoms with van der Waals surface area (Å²) < 4.78 is 1.59. The number of aromatic nitrogens is 5. The van der Waals surface area contributed by atoms with Crippen molar-refractivity contribution in [3.05, 3.63) is 34.9 Å². The van der Waals surface area contributed by atoms with E-state index in [1.165, 1.54) is 6.33 Å². The van der Waals surface area contributed by atoms with E-state index in [2.05, 4.69) is 25.5 Å². The zero-order valence-electron chi connectivity index (χ0n) is 9.71. The summed E-state index contributed by atoms with van der Waals surface area (Å²) >= 11 is 0. The fourth-order valence-corrected chi connectivity index (χ4v) is 1.49. The molecule has 0 aliphatic heterocycles. The summed E-state index contributed by atoms with van der Waals surface area (Å²) in [6.45, 7) is 4.41. The highest BCUT2D eigenvalue weighted by molar-refractivity contribution is 5.33. The molecule has 7 heteroatoms. The number of nitrogens with zero attached hydrogens (tertiary/aromatic N) is 4. The van der Waals surface area contributed by atoms with Crippen molar-refractivity contribution >= 4 is 5.82 Å². The van der Waals surface area contributed by atoms with Gasteiger partial charge in [-0.15, -0.1) is 0 Å². The third kappa shape index (κ3) is 2.32. The number of aryl methyl sites for hydroxylation is 1. The van der Waals surface area contributed by atoms with Crippen molar-refractivity contribution in [3.63, 3.8) is 0 Å². The lowest BCUT2D eigenvalue weighted by atomic mass is 10.3. The molecule has 0 amide bonds. The minimum absolute atomic E-state index is 0.138. The molecular formula is C10H14N6O. The van der Waals surface area contributed by atoms with E-state index in [-0.39, 0.29) is 11.6 Å². The van der Waals surface area contributed by atoms with E-state index in [0.717, 1.165) is 0 Å².